The van der Waals surface area contributed by atoms with Crippen molar-refractivity contribution < 1.29 is 8.42 Å². The van der Waals surface area contributed by atoms with E-state index >= 15 is 0 Å². The van der Waals surface area contributed by atoms with Gasteiger partial charge in [0.15, 0.2) is 0 Å². The summed E-state index contributed by atoms with van der Waals surface area (Å²) in [5, 5.41) is 8.67. The fourth-order valence-corrected chi connectivity index (χ4v) is 3.25. The van der Waals surface area contributed by atoms with Crippen LogP contribution < -0.4 is 4.72 Å². The molecule has 4 nitrogen and oxygen atoms in total. The molecule has 0 unspecified atom stereocenters. The van der Waals surface area contributed by atoms with Crippen molar-refractivity contribution in [1.82, 2.24) is 4.72 Å². The molecule has 0 amide bonds. The third-order valence-corrected chi connectivity index (χ3v) is 4.29. The van der Waals surface area contributed by atoms with Crippen LogP contribution in [-0.2, 0) is 10.0 Å². The van der Waals surface area contributed by atoms with Gasteiger partial charge in [0.1, 0.15) is 0 Å². The molecule has 0 radical (unpaired) electrons. The number of nitriles is 1. The van der Waals surface area contributed by atoms with Crippen LogP contribution in [0.15, 0.2) is 29.2 Å². The first-order valence-corrected chi connectivity index (χ1v) is 7.33. The predicted octanol–water partition coefficient (Wildman–Crippen LogP) is 2.42. The van der Waals surface area contributed by atoms with Crippen molar-refractivity contribution in [3.63, 3.8) is 0 Å². The minimum absolute atomic E-state index is 0.186. The van der Waals surface area contributed by atoms with Crippen LogP contribution in [0.4, 0.5) is 0 Å². The molecule has 0 aliphatic rings. The van der Waals surface area contributed by atoms with Gasteiger partial charge >= 0.3 is 0 Å². The van der Waals surface area contributed by atoms with E-state index in [1.54, 1.807) is 0 Å². The molecule has 1 aromatic carbocycles. The first kappa shape index (κ1) is 14.7. The van der Waals surface area contributed by atoms with E-state index < -0.39 is 15.6 Å². The van der Waals surface area contributed by atoms with Gasteiger partial charge in [-0.2, -0.15) is 5.26 Å². The van der Waals surface area contributed by atoms with Gasteiger partial charge in [0.2, 0.25) is 10.0 Å². The standard InChI is InChI=1S/C13H18N2O2S/c1-4-9-13(2,3)15-18(16,17)12-7-5-11(10-14)6-8-12/h5-8,15H,4,9H2,1-3H3. The van der Waals surface area contributed by atoms with Gasteiger partial charge in [0.05, 0.1) is 16.5 Å². The van der Waals surface area contributed by atoms with Gasteiger partial charge in [-0.15, -0.1) is 0 Å². The Kier molecular flexibility index (Phi) is 4.49. The molecule has 0 aliphatic heterocycles. The van der Waals surface area contributed by atoms with Crippen LogP contribution in [0.2, 0.25) is 0 Å². The molecule has 18 heavy (non-hydrogen) atoms. The number of nitrogens with one attached hydrogen (secondary N) is 1. The Bertz CT molecular complexity index is 539. The second-order valence-corrected chi connectivity index (χ2v) is 6.56. The van der Waals surface area contributed by atoms with E-state index in [4.69, 9.17) is 5.26 Å². The Balaban J connectivity index is 2.96. The van der Waals surface area contributed by atoms with Crippen LogP contribution in [0.1, 0.15) is 39.2 Å². The Morgan fingerprint density at radius 3 is 2.28 bits per heavy atom. The van der Waals surface area contributed by atoms with Crippen molar-refractivity contribution in [2.75, 3.05) is 0 Å². The molecule has 5 heteroatoms. The summed E-state index contributed by atoms with van der Waals surface area (Å²) >= 11 is 0. The van der Waals surface area contributed by atoms with Gasteiger partial charge in [-0.25, -0.2) is 13.1 Å². The van der Waals surface area contributed by atoms with Crippen LogP contribution in [0.5, 0.6) is 0 Å². The van der Waals surface area contributed by atoms with E-state index in [-0.39, 0.29) is 4.90 Å². The normalized spacial score (nSPS) is 12.1. The summed E-state index contributed by atoms with van der Waals surface area (Å²) in [6, 6.07) is 7.86. The summed E-state index contributed by atoms with van der Waals surface area (Å²) in [7, 11) is -3.52. The molecule has 0 saturated carbocycles. The number of hydrogen-bond acceptors (Lipinski definition) is 3. The highest BCUT2D eigenvalue weighted by Crippen LogP contribution is 2.17. The smallest absolute Gasteiger partial charge is 0.207 e. The lowest BCUT2D eigenvalue weighted by Gasteiger charge is -2.25. The molecule has 1 aromatic rings. The maximum absolute atomic E-state index is 12.1. The van der Waals surface area contributed by atoms with Crippen molar-refractivity contribution in [3.8, 4) is 6.07 Å². The van der Waals surface area contributed by atoms with Gasteiger partial charge < -0.3 is 0 Å². The van der Waals surface area contributed by atoms with Gasteiger partial charge in [0, 0.05) is 5.54 Å². The average Bonchev–Trinajstić information content (AvgIpc) is 2.27. The summed E-state index contributed by atoms with van der Waals surface area (Å²) in [5.74, 6) is 0. The summed E-state index contributed by atoms with van der Waals surface area (Å²) in [5.41, 5.74) is -0.0247. The number of benzene rings is 1. The van der Waals surface area contributed by atoms with E-state index in [1.165, 1.54) is 24.3 Å². The molecule has 1 rings (SSSR count). The number of rotatable bonds is 5. The molecule has 0 heterocycles. The maximum Gasteiger partial charge on any atom is 0.241 e. The quantitative estimate of drug-likeness (QED) is 0.889. The van der Waals surface area contributed by atoms with Crippen molar-refractivity contribution >= 4 is 10.0 Å². The third-order valence-electron chi connectivity index (χ3n) is 2.58. The maximum atomic E-state index is 12.1. The van der Waals surface area contributed by atoms with E-state index in [1.807, 2.05) is 26.8 Å². The number of hydrogen-bond donors (Lipinski definition) is 1. The molecular weight excluding hydrogens is 248 g/mol. The highest BCUT2D eigenvalue weighted by Gasteiger charge is 2.25. The zero-order valence-corrected chi connectivity index (χ0v) is 11.7. The summed E-state index contributed by atoms with van der Waals surface area (Å²) in [4.78, 5) is 0.186. The van der Waals surface area contributed by atoms with Crippen LogP contribution >= 0.6 is 0 Å². The lowest BCUT2D eigenvalue weighted by molar-refractivity contribution is 0.418. The first-order chi connectivity index (χ1) is 8.30. The van der Waals surface area contributed by atoms with Crippen molar-refractivity contribution in [1.29, 1.82) is 5.26 Å². The number of sulfonamides is 1. The molecule has 0 aromatic heterocycles. The fraction of sp³-hybridized carbons (Fsp3) is 0.462. The van der Waals surface area contributed by atoms with Crippen LogP contribution in [0.25, 0.3) is 0 Å². The molecule has 1 N–H and O–H groups in total. The Morgan fingerprint density at radius 2 is 1.83 bits per heavy atom. The topological polar surface area (TPSA) is 70.0 Å². The molecule has 0 aliphatic carbocycles. The molecular formula is C13H18N2O2S. The summed E-state index contributed by atoms with van der Waals surface area (Å²) in [6.07, 6.45) is 1.67. The monoisotopic (exact) mass is 266 g/mol. The molecule has 0 saturated heterocycles. The predicted molar refractivity (Wildman–Crippen MR) is 70.5 cm³/mol. The Hall–Kier alpha value is -1.38. The molecule has 0 fully saturated rings. The van der Waals surface area contributed by atoms with Crippen molar-refractivity contribution in [2.45, 2.75) is 44.0 Å². The van der Waals surface area contributed by atoms with Gasteiger partial charge in [-0.1, -0.05) is 13.3 Å². The lowest BCUT2D eigenvalue weighted by Crippen LogP contribution is -2.43. The van der Waals surface area contributed by atoms with Crippen LogP contribution in [0, 0.1) is 11.3 Å². The second-order valence-electron chi connectivity index (χ2n) is 4.88. The van der Waals surface area contributed by atoms with Gasteiger partial charge in [0.25, 0.3) is 0 Å². The summed E-state index contributed by atoms with van der Waals surface area (Å²) in [6.45, 7) is 5.73. The molecule has 98 valence electrons. The van der Waals surface area contributed by atoms with E-state index in [0.717, 1.165) is 12.8 Å². The van der Waals surface area contributed by atoms with E-state index in [2.05, 4.69) is 4.72 Å². The largest absolute Gasteiger partial charge is 0.241 e. The highest BCUT2D eigenvalue weighted by molar-refractivity contribution is 7.89. The van der Waals surface area contributed by atoms with Crippen LogP contribution in [0.3, 0.4) is 0 Å². The number of nitrogens with zero attached hydrogens (tertiary/aromatic N) is 1. The Labute approximate surface area is 109 Å². The SMILES string of the molecule is CCCC(C)(C)NS(=O)(=O)c1ccc(C#N)cc1. The van der Waals surface area contributed by atoms with Gasteiger partial charge in [-0.05, 0) is 44.5 Å². The zero-order chi connectivity index (χ0) is 13.8. The average molecular weight is 266 g/mol. The molecule has 0 bridgehead atoms. The van der Waals surface area contributed by atoms with E-state index in [9.17, 15) is 8.42 Å². The fourth-order valence-electron chi connectivity index (χ4n) is 1.81. The van der Waals surface area contributed by atoms with E-state index in [0.29, 0.717) is 5.56 Å². The Morgan fingerprint density at radius 1 is 1.28 bits per heavy atom. The van der Waals surface area contributed by atoms with Crippen molar-refractivity contribution in [3.05, 3.63) is 29.8 Å². The highest BCUT2D eigenvalue weighted by atomic mass is 32.2. The minimum Gasteiger partial charge on any atom is -0.207 e. The van der Waals surface area contributed by atoms with Crippen molar-refractivity contribution in [2.24, 2.45) is 0 Å². The summed E-state index contributed by atoms with van der Waals surface area (Å²) < 4.78 is 26.9. The first-order valence-electron chi connectivity index (χ1n) is 5.85. The minimum atomic E-state index is -3.52. The lowest BCUT2D eigenvalue weighted by atomic mass is 10.0. The third kappa shape index (κ3) is 3.83. The molecule has 0 spiro atoms. The van der Waals surface area contributed by atoms with Crippen LogP contribution in [-0.4, -0.2) is 14.0 Å². The second kappa shape index (κ2) is 5.51. The zero-order valence-electron chi connectivity index (χ0n) is 10.9. The molecule has 0 atom stereocenters. The van der Waals surface area contributed by atoms with Gasteiger partial charge in [-0.3, -0.25) is 0 Å².